The number of hydrogen-bond acceptors (Lipinski definition) is 8. The summed E-state index contributed by atoms with van der Waals surface area (Å²) in [6.45, 7) is 1.83. The van der Waals surface area contributed by atoms with E-state index in [1.54, 1.807) is 37.3 Å². The number of ether oxygens (including phenoxy) is 2. The van der Waals surface area contributed by atoms with Gasteiger partial charge in [0.2, 0.25) is 0 Å². The molecule has 0 aliphatic carbocycles. The molecule has 9 heteroatoms. The van der Waals surface area contributed by atoms with Crippen molar-refractivity contribution in [2.75, 3.05) is 31.4 Å². The average molecular weight is 463 g/mol. The minimum Gasteiger partial charge on any atom is -0.465 e. The number of carbonyl (C=O) groups is 2. The lowest BCUT2D eigenvalue weighted by atomic mass is 9.98. The first kappa shape index (κ1) is 24.1. The Morgan fingerprint density at radius 2 is 1.65 bits per heavy atom. The number of nitrogens with zero attached hydrogens (tertiary/aromatic N) is 2. The number of esters is 1. The van der Waals surface area contributed by atoms with Crippen LogP contribution in [-0.4, -0.2) is 38.7 Å². The molecule has 0 unspecified atom stereocenters. The van der Waals surface area contributed by atoms with Gasteiger partial charge in [-0.3, -0.25) is 4.84 Å². The van der Waals surface area contributed by atoms with Gasteiger partial charge in [0.05, 0.1) is 30.7 Å². The van der Waals surface area contributed by atoms with Crippen molar-refractivity contribution in [3.8, 4) is 11.1 Å². The molecule has 176 valence electrons. The van der Waals surface area contributed by atoms with Crippen LogP contribution in [0.4, 0.5) is 21.9 Å². The van der Waals surface area contributed by atoms with E-state index in [0.29, 0.717) is 22.5 Å². The van der Waals surface area contributed by atoms with E-state index in [1.165, 1.54) is 7.11 Å². The Kier molecular flexibility index (Phi) is 7.71. The number of nitrogen functional groups attached to an aromatic ring is 1. The fourth-order valence-corrected chi connectivity index (χ4v) is 3.44. The Labute approximate surface area is 197 Å². The Balaban J connectivity index is 1.92. The van der Waals surface area contributed by atoms with Crippen LogP contribution in [0.15, 0.2) is 71.9 Å². The molecule has 0 radical (unpaired) electrons. The molecule has 0 saturated carbocycles. The summed E-state index contributed by atoms with van der Waals surface area (Å²) in [5, 5.41) is 3.68. The van der Waals surface area contributed by atoms with Crippen molar-refractivity contribution < 1.29 is 23.9 Å². The van der Waals surface area contributed by atoms with Crippen LogP contribution in [0.25, 0.3) is 11.1 Å². The van der Waals surface area contributed by atoms with Crippen molar-refractivity contribution in [1.82, 2.24) is 0 Å². The number of amidine groups is 1. The zero-order chi connectivity index (χ0) is 24.7. The molecule has 3 rings (SSSR count). The normalized spacial score (nSPS) is 11.0. The zero-order valence-corrected chi connectivity index (χ0v) is 19.1. The van der Waals surface area contributed by atoms with Gasteiger partial charge in [-0.1, -0.05) is 47.6 Å². The third-order valence-electron chi connectivity index (χ3n) is 5.06. The molecule has 34 heavy (non-hydrogen) atoms. The van der Waals surface area contributed by atoms with Gasteiger partial charge < -0.3 is 25.8 Å². The highest BCUT2D eigenvalue weighted by Gasteiger charge is 2.19. The molecule has 0 fully saturated rings. The van der Waals surface area contributed by atoms with Gasteiger partial charge in [0, 0.05) is 18.3 Å². The van der Waals surface area contributed by atoms with Crippen LogP contribution in [0.5, 0.6) is 0 Å². The third kappa shape index (κ3) is 5.26. The van der Waals surface area contributed by atoms with Crippen LogP contribution < -0.4 is 16.4 Å². The number of hydrogen-bond donors (Lipinski definition) is 2. The highest BCUT2D eigenvalue weighted by atomic mass is 16.8. The molecule has 9 nitrogen and oxygen atoms in total. The predicted molar refractivity (Wildman–Crippen MR) is 131 cm³/mol. The van der Waals surface area contributed by atoms with Crippen LogP contribution in [0.1, 0.15) is 22.8 Å². The first-order valence-electron chi connectivity index (χ1n) is 10.4. The second-order valence-corrected chi connectivity index (χ2v) is 7.14. The Bertz CT molecular complexity index is 1210. The number of para-hydroxylation sites is 1. The van der Waals surface area contributed by atoms with E-state index in [4.69, 9.17) is 16.2 Å². The number of rotatable bonds is 7. The highest BCUT2D eigenvalue weighted by molar-refractivity contribution is 6.03. The molecule has 0 aromatic heterocycles. The molecule has 3 aromatic rings. The van der Waals surface area contributed by atoms with Crippen LogP contribution in [0.3, 0.4) is 0 Å². The van der Waals surface area contributed by atoms with E-state index in [9.17, 15) is 9.59 Å². The Morgan fingerprint density at radius 1 is 0.971 bits per heavy atom. The maximum Gasteiger partial charge on any atom is 0.535 e. The number of methoxy groups -OCH3 is 1. The Morgan fingerprint density at radius 3 is 2.32 bits per heavy atom. The lowest BCUT2D eigenvalue weighted by Gasteiger charge is -2.24. The van der Waals surface area contributed by atoms with E-state index in [1.807, 2.05) is 48.3 Å². The summed E-state index contributed by atoms with van der Waals surface area (Å²) in [5.74, 6) is -0.441. The molecule has 0 aliphatic heterocycles. The zero-order valence-electron chi connectivity index (χ0n) is 19.1. The fraction of sp³-hybridized carbons (Fsp3) is 0.160. The van der Waals surface area contributed by atoms with Gasteiger partial charge in [0.15, 0.2) is 5.84 Å². The molecule has 0 spiro atoms. The number of anilines is 3. The molecular formula is C25H26N4O5. The summed E-state index contributed by atoms with van der Waals surface area (Å²) in [7, 11) is 3.15. The van der Waals surface area contributed by atoms with Crippen LogP contribution in [0.2, 0.25) is 0 Å². The van der Waals surface area contributed by atoms with Crippen molar-refractivity contribution in [2.24, 2.45) is 10.9 Å². The summed E-state index contributed by atoms with van der Waals surface area (Å²) in [5.41, 5.74) is 16.6. The quantitative estimate of drug-likeness (QED) is 0.133. The topological polar surface area (TPSA) is 129 Å². The van der Waals surface area contributed by atoms with Gasteiger partial charge in [0.25, 0.3) is 0 Å². The molecule has 0 amide bonds. The monoisotopic (exact) mass is 462 g/mol. The summed E-state index contributed by atoms with van der Waals surface area (Å²) in [4.78, 5) is 30.1. The van der Waals surface area contributed by atoms with Gasteiger partial charge in [0.1, 0.15) is 0 Å². The molecule has 0 aliphatic rings. The number of carbonyl (C=O) groups excluding carboxylic acids is 2. The molecule has 0 atom stereocenters. The van der Waals surface area contributed by atoms with E-state index >= 15 is 0 Å². The first-order valence-corrected chi connectivity index (χ1v) is 10.4. The van der Waals surface area contributed by atoms with Crippen LogP contribution >= 0.6 is 0 Å². The van der Waals surface area contributed by atoms with Crippen molar-refractivity contribution in [2.45, 2.75) is 6.92 Å². The van der Waals surface area contributed by atoms with E-state index in [0.717, 1.165) is 16.8 Å². The van der Waals surface area contributed by atoms with Gasteiger partial charge in [-0.25, -0.2) is 9.59 Å². The first-order chi connectivity index (χ1) is 16.4. The lowest BCUT2D eigenvalue weighted by molar-refractivity contribution is 0.0596. The Hall–Kier alpha value is -4.53. The minimum atomic E-state index is -0.929. The van der Waals surface area contributed by atoms with Crippen molar-refractivity contribution in [3.05, 3.63) is 77.9 Å². The molecular weight excluding hydrogens is 436 g/mol. The predicted octanol–water partition coefficient (Wildman–Crippen LogP) is 4.28. The molecule has 0 bridgehead atoms. The number of benzene rings is 3. The maximum absolute atomic E-state index is 12.2. The van der Waals surface area contributed by atoms with Crippen LogP contribution in [0, 0.1) is 0 Å². The highest BCUT2D eigenvalue weighted by Crippen LogP contribution is 2.34. The number of nitrogens with two attached hydrogens (primary N) is 2. The lowest BCUT2D eigenvalue weighted by Crippen LogP contribution is -2.17. The summed E-state index contributed by atoms with van der Waals surface area (Å²) in [6.07, 6.45) is -0.929. The van der Waals surface area contributed by atoms with Crippen LogP contribution in [-0.2, 0) is 14.3 Å². The van der Waals surface area contributed by atoms with Gasteiger partial charge in [-0.2, -0.15) is 0 Å². The van der Waals surface area contributed by atoms with Crippen molar-refractivity contribution in [1.29, 1.82) is 0 Å². The fourth-order valence-electron chi connectivity index (χ4n) is 3.44. The van der Waals surface area contributed by atoms with E-state index in [2.05, 4.69) is 14.7 Å². The third-order valence-corrected chi connectivity index (χ3v) is 5.06. The largest absolute Gasteiger partial charge is 0.535 e. The maximum atomic E-state index is 12.2. The second kappa shape index (κ2) is 10.9. The standard InChI is InChI=1S/C25H26N4O5/c1-4-33-25(31)34-28-23(27)19-9-6-5-8-18(19)16-12-14-17(15-13-16)29(2)22-20(24(30)32-3)10-7-11-21(22)26/h5-15H,4,26H2,1-3H3,(H2,27,28). The second-order valence-electron chi connectivity index (χ2n) is 7.14. The van der Waals surface area contributed by atoms with Gasteiger partial charge in [-0.15, -0.1) is 0 Å². The van der Waals surface area contributed by atoms with Gasteiger partial charge in [-0.05, 0) is 42.3 Å². The molecule has 0 heterocycles. The van der Waals surface area contributed by atoms with Crippen molar-refractivity contribution in [3.63, 3.8) is 0 Å². The van der Waals surface area contributed by atoms with Crippen molar-refractivity contribution >= 4 is 35.0 Å². The molecule has 3 aromatic carbocycles. The number of oxime groups is 1. The molecule has 4 N–H and O–H groups in total. The average Bonchev–Trinajstić information content (AvgIpc) is 2.86. The minimum absolute atomic E-state index is 0.0321. The SMILES string of the molecule is CCOC(=O)ON=C(N)c1ccccc1-c1ccc(N(C)c2c(N)cccc2C(=O)OC)cc1. The summed E-state index contributed by atoms with van der Waals surface area (Å²) < 4.78 is 9.58. The van der Waals surface area contributed by atoms with E-state index < -0.39 is 12.1 Å². The summed E-state index contributed by atoms with van der Waals surface area (Å²) >= 11 is 0. The smallest absolute Gasteiger partial charge is 0.465 e. The summed E-state index contributed by atoms with van der Waals surface area (Å²) in [6, 6.07) is 20.0. The van der Waals surface area contributed by atoms with E-state index in [-0.39, 0.29) is 12.4 Å². The molecule has 0 saturated heterocycles. The van der Waals surface area contributed by atoms with Gasteiger partial charge >= 0.3 is 12.1 Å².